The normalized spacial score (nSPS) is 12.0. The van der Waals surface area contributed by atoms with Gasteiger partial charge in [-0.15, -0.1) is 0 Å². The lowest BCUT2D eigenvalue weighted by molar-refractivity contribution is -0.127. The molecular weight excluding hydrogens is 266 g/mol. The zero-order chi connectivity index (χ0) is 15.8. The van der Waals surface area contributed by atoms with E-state index in [0.29, 0.717) is 6.54 Å². The summed E-state index contributed by atoms with van der Waals surface area (Å²) >= 11 is 0. The van der Waals surface area contributed by atoms with Gasteiger partial charge in [0.1, 0.15) is 0 Å². The van der Waals surface area contributed by atoms with Gasteiger partial charge in [0.15, 0.2) is 0 Å². The van der Waals surface area contributed by atoms with Crippen LogP contribution in [0.15, 0.2) is 24.3 Å². The van der Waals surface area contributed by atoms with Crippen molar-refractivity contribution in [2.45, 2.75) is 39.8 Å². The maximum atomic E-state index is 11.7. The Morgan fingerprint density at radius 3 is 2.33 bits per heavy atom. The van der Waals surface area contributed by atoms with Crippen molar-refractivity contribution in [1.82, 2.24) is 10.6 Å². The molecule has 2 amide bonds. The Kier molecular flexibility index (Phi) is 6.88. The fourth-order valence-corrected chi connectivity index (χ4v) is 1.92. The van der Waals surface area contributed by atoms with E-state index in [9.17, 15) is 9.59 Å². The molecule has 0 radical (unpaired) electrons. The van der Waals surface area contributed by atoms with Crippen LogP contribution in [0, 0.1) is 5.92 Å². The van der Waals surface area contributed by atoms with Crippen LogP contribution < -0.4 is 16.4 Å². The summed E-state index contributed by atoms with van der Waals surface area (Å²) in [5.74, 6) is -0.469. The lowest BCUT2D eigenvalue weighted by Gasteiger charge is -2.15. The zero-order valence-corrected chi connectivity index (χ0v) is 13.0. The van der Waals surface area contributed by atoms with Crippen molar-refractivity contribution in [3.8, 4) is 0 Å². The van der Waals surface area contributed by atoms with Crippen LogP contribution in [0.5, 0.6) is 0 Å². The average molecular weight is 291 g/mol. The highest BCUT2D eigenvalue weighted by Gasteiger charge is 2.17. The van der Waals surface area contributed by atoms with Crippen LogP contribution in [0.4, 0.5) is 0 Å². The van der Waals surface area contributed by atoms with E-state index in [1.54, 1.807) is 0 Å². The molecule has 0 bridgehead atoms. The van der Waals surface area contributed by atoms with Crippen LogP contribution in [-0.2, 0) is 22.6 Å². The van der Waals surface area contributed by atoms with Gasteiger partial charge in [-0.05, 0) is 23.5 Å². The van der Waals surface area contributed by atoms with Gasteiger partial charge in [0.05, 0.1) is 12.6 Å². The van der Waals surface area contributed by atoms with E-state index in [2.05, 4.69) is 17.6 Å². The average Bonchev–Trinajstić information content (AvgIpc) is 2.49. The van der Waals surface area contributed by atoms with E-state index < -0.39 is 6.04 Å². The molecule has 1 rings (SSSR count). The van der Waals surface area contributed by atoms with Crippen molar-refractivity contribution in [3.63, 3.8) is 0 Å². The van der Waals surface area contributed by atoms with E-state index in [4.69, 9.17) is 5.73 Å². The SMILES string of the molecule is CCc1ccccc1CNC(=O)CNC(=O)[C@@H](N)C(C)C. The van der Waals surface area contributed by atoms with Crippen molar-refractivity contribution < 1.29 is 9.59 Å². The highest BCUT2D eigenvalue weighted by molar-refractivity contribution is 5.87. The largest absolute Gasteiger partial charge is 0.350 e. The second kappa shape index (κ2) is 8.42. The van der Waals surface area contributed by atoms with Gasteiger partial charge in [0.25, 0.3) is 0 Å². The standard InChI is InChI=1S/C16H25N3O2/c1-4-12-7-5-6-8-13(12)9-18-14(20)10-19-16(21)15(17)11(2)3/h5-8,11,15H,4,9-10,17H2,1-3H3,(H,18,20)(H,19,21)/t15-/m0/s1. The first kappa shape index (κ1) is 17.2. The van der Waals surface area contributed by atoms with Crippen molar-refractivity contribution in [3.05, 3.63) is 35.4 Å². The molecule has 0 fully saturated rings. The Labute approximate surface area is 126 Å². The van der Waals surface area contributed by atoms with E-state index in [-0.39, 0.29) is 24.3 Å². The van der Waals surface area contributed by atoms with Gasteiger partial charge in [-0.1, -0.05) is 45.0 Å². The third-order valence-electron chi connectivity index (χ3n) is 3.42. The molecule has 4 N–H and O–H groups in total. The minimum absolute atomic E-state index is 0.0458. The summed E-state index contributed by atoms with van der Waals surface area (Å²) in [4.78, 5) is 23.4. The van der Waals surface area contributed by atoms with Crippen molar-refractivity contribution >= 4 is 11.8 Å². The highest BCUT2D eigenvalue weighted by atomic mass is 16.2. The van der Waals surface area contributed by atoms with Crippen molar-refractivity contribution in [1.29, 1.82) is 0 Å². The molecule has 5 heteroatoms. The predicted octanol–water partition coefficient (Wildman–Crippen LogP) is 0.965. The molecule has 116 valence electrons. The molecule has 5 nitrogen and oxygen atoms in total. The van der Waals surface area contributed by atoms with Crippen LogP contribution in [0.2, 0.25) is 0 Å². The Hall–Kier alpha value is -1.88. The summed E-state index contributed by atoms with van der Waals surface area (Å²) in [6.45, 7) is 6.23. The molecule has 0 aromatic heterocycles. The number of hydrogen-bond acceptors (Lipinski definition) is 3. The number of aryl methyl sites for hydroxylation is 1. The minimum Gasteiger partial charge on any atom is -0.350 e. The fourth-order valence-electron chi connectivity index (χ4n) is 1.92. The lowest BCUT2D eigenvalue weighted by atomic mass is 10.1. The first-order valence-corrected chi connectivity index (χ1v) is 7.32. The van der Waals surface area contributed by atoms with Crippen LogP contribution in [0.3, 0.4) is 0 Å². The maximum absolute atomic E-state index is 11.7. The molecular formula is C16H25N3O2. The summed E-state index contributed by atoms with van der Waals surface area (Å²) in [6, 6.07) is 7.39. The number of hydrogen-bond donors (Lipinski definition) is 3. The van der Waals surface area contributed by atoms with Gasteiger partial charge in [0, 0.05) is 6.54 Å². The van der Waals surface area contributed by atoms with Gasteiger partial charge in [-0.3, -0.25) is 9.59 Å². The lowest BCUT2D eigenvalue weighted by Crippen LogP contribution is -2.47. The van der Waals surface area contributed by atoms with Crippen molar-refractivity contribution in [2.24, 2.45) is 11.7 Å². The van der Waals surface area contributed by atoms with Crippen LogP contribution in [-0.4, -0.2) is 24.4 Å². The quantitative estimate of drug-likeness (QED) is 0.700. The third-order valence-corrected chi connectivity index (χ3v) is 3.42. The summed E-state index contributed by atoms with van der Waals surface area (Å²) in [5, 5.41) is 5.36. The van der Waals surface area contributed by atoms with Gasteiger partial charge in [-0.25, -0.2) is 0 Å². The van der Waals surface area contributed by atoms with E-state index in [0.717, 1.165) is 12.0 Å². The number of nitrogens with two attached hydrogens (primary N) is 1. The van der Waals surface area contributed by atoms with Crippen LogP contribution in [0.25, 0.3) is 0 Å². The molecule has 1 aromatic carbocycles. The highest BCUT2D eigenvalue weighted by Crippen LogP contribution is 2.08. The third kappa shape index (κ3) is 5.55. The molecule has 0 heterocycles. The molecule has 0 spiro atoms. The Bertz CT molecular complexity index is 486. The molecule has 0 aliphatic rings. The first-order valence-electron chi connectivity index (χ1n) is 7.32. The van der Waals surface area contributed by atoms with Gasteiger partial charge < -0.3 is 16.4 Å². The molecule has 1 atom stereocenters. The molecule has 21 heavy (non-hydrogen) atoms. The van der Waals surface area contributed by atoms with Crippen LogP contribution in [0.1, 0.15) is 31.9 Å². The number of benzene rings is 1. The zero-order valence-electron chi connectivity index (χ0n) is 13.0. The van der Waals surface area contributed by atoms with Gasteiger partial charge in [-0.2, -0.15) is 0 Å². The Morgan fingerprint density at radius 2 is 1.76 bits per heavy atom. The second-order valence-electron chi connectivity index (χ2n) is 5.39. The monoisotopic (exact) mass is 291 g/mol. The van der Waals surface area contributed by atoms with E-state index in [1.165, 1.54) is 5.56 Å². The number of amides is 2. The van der Waals surface area contributed by atoms with Crippen LogP contribution >= 0.6 is 0 Å². The fraction of sp³-hybridized carbons (Fsp3) is 0.500. The van der Waals surface area contributed by atoms with E-state index in [1.807, 2.05) is 38.1 Å². The predicted molar refractivity (Wildman–Crippen MR) is 83.5 cm³/mol. The summed E-state index contributed by atoms with van der Waals surface area (Å²) in [5.41, 5.74) is 8.01. The molecule has 0 unspecified atom stereocenters. The number of carbonyl (C=O) groups excluding carboxylic acids is 2. The number of nitrogens with one attached hydrogen (secondary N) is 2. The second-order valence-corrected chi connectivity index (χ2v) is 5.39. The number of rotatable bonds is 7. The summed E-state index contributed by atoms with van der Waals surface area (Å²) in [7, 11) is 0. The first-order chi connectivity index (χ1) is 9.95. The summed E-state index contributed by atoms with van der Waals surface area (Å²) in [6.07, 6.45) is 0.923. The molecule has 0 saturated heterocycles. The Morgan fingerprint density at radius 1 is 1.14 bits per heavy atom. The molecule has 1 aromatic rings. The van der Waals surface area contributed by atoms with Gasteiger partial charge in [0.2, 0.25) is 11.8 Å². The van der Waals surface area contributed by atoms with E-state index >= 15 is 0 Å². The molecule has 0 aliphatic carbocycles. The maximum Gasteiger partial charge on any atom is 0.239 e. The van der Waals surface area contributed by atoms with Crippen molar-refractivity contribution in [2.75, 3.05) is 6.54 Å². The molecule has 0 saturated carbocycles. The number of carbonyl (C=O) groups is 2. The topological polar surface area (TPSA) is 84.2 Å². The Balaban J connectivity index is 2.39. The smallest absolute Gasteiger partial charge is 0.239 e. The minimum atomic E-state index is -0.585. The summed E-state index contributed by atoms with van der Waals surface area (Å²) < 4.78 is 0. The van der Waals surface area contributed by atoms with Gasteiger partial charge >= 0.3 is 0 Å². The molecule has 0 aliphatic heterocycles.